The molecule has 18 heavy (non-hydrogen) atoms. The van der Waals surface area contributed by atoms with Crippen molar-refractivity contribution in [1.82, 2.24) is 10.6 Å². The van der Waals surface area contributed by atoms with Crippen molar-refractivity contribution < 1.29 is 9.59 Å². The number of carbonyl (C=O) groups is 2. The van der Waals surface area contributed by atoms with Crippen molar-refractivity contribution in [3.63, 3.8) is 0 Å². The normalized spacial score (nSPS) is 10.9. The summed E-state index contributed by atoms with van der Waals surface area (Å²) in [5, 5.41) is 5.29. The standard InChI is InChI=1S/C14H18N2O2/c1-3-7-13(16-11(2)17)14(18)15-10-12-8-5-4-6-9-12/h4-9H,3,10H2,1-2H3,(H,15,18)(H,16,17). The second kappa shape index (κ2) is 7.27. The summed E-state index contributed by atoms with van der Waals surface area (Å²) in [4.78, 5) is 22.8. The molecule has 1 aromatic rings. The first-order valence-electron chi connectivity index (χ1n) is 5.93. The van der Waals surface area contributed by atoms with E-state index in [1.54, 1.807) is 6.08 Å². The van der Waals surface area contributed by atoms with Gasteiger partial charge >= 0.3 is 0 Å². The Labute approximate surface area is 107 Å². The summed E-state index contributed by atoms with van der Waals surface area (Å²) in [6.45, 7) is 3.74. The maximum atomic E-state index is 11.8. The molecular formula is C14H18N2O2. The number of benzene rings is 1. The molecule has 0 bridgehead atoms. The lowest BCUT2D eigenvalue weighted by atomic mass is 10.2. The molecular weight excluding hydrogens is 228 g/mol. The summed E-state index contributed by atoms with van der Waals surface area (Å²) >= 11 is 0. The average molecular weight is 246 g/mol. The third kappa shape index (κ3) is 4.82. The number of hydrogen-bond donors (Lipinski definition) is 2. The minimum Gasteiger partial charge on any atom is -0.347 e. The zero-order valence-electron chi connectivity index (χ0n) is 10.7. The van der Waals surface area contributed by atoms with E-state index in [-0.39, 0.29) is 11.8 Å². The molecule has 0 aliphatic carbocycles. The van der Waals surface area contributed by atoms with E-state index in [2.05, 4.69) is 10.6 Å². The zero-order chi connectivity index (χ0) is 13.4. The minimum absolute atomic E-state index is 0.246. The fraction of sp³-hybridized carbons (Fsp3) is 0.286. The molecule has 0 saturated heterocycles. The molecule has 1 rings (SSSR count). The van der Waals surface area contributed by atoms with Gasteiger partial charge in [-0.15, -0.1) is 0 Å². The van der Waals surface area contributed by atoms with E-state index in [9.17, 15) is 9.59 Å². The van der Waals surface area contributed by atoms with Crippen molar-refractivity contribution in [3.05, 3.63) is 47.7 Å². The predicted molar refractivity (Wildman–Crippen MR) is 70.5 cm³/mol. The molecule has 0 fully saturated rings. The highest BCUT2D eigenvalue weighted by molar-refractivity contribution is 5.96. The third-order valence-corrected chi connectivity index (χ3v) is 2.26. The maximum absolute atomic E-state index is 11.8. The largest absolute Gasteiger partial charge is 0.347 e. The Balaban J connectivity index is 2.57. The SMILES string of the molecule is CCC=C(NC(C)=O)C(=O)NCc1ccccc1. The quantitative estimate of drug-likeness (QED) is 0.777. The van der Waals surface area contributed by atoms with Crippen LogP contribution in [0, 0.1) is 0 Å². The van der Waals surface area contributed by atoms with Crippen LogP contribution in [0.25, 0.3) is 0 Å². The highest BCUT2D eigenvalue weighted by Crippen LogP contribution is 1.99. The molecule has 0 radical (unpaired) electrons. The smallest absolute Gasteiger partial charge is 0.267 e. The van der Waals surface area contributed by atoms with Crippen LogP contribution in [0.5, 0.6) is 0 Å². The summed E-state index contributed by atoms with van der Waals surface area (Å²) in [5.41, 5.74) is 1.32. The van der Waals surface area contributed by atoms with Gasteiger partial charge in [-0.2, -0.15) is 0 Å². The molecule has 0 heterocycles. The predicted octanol–water partition coefficient (Wildman–Crippen LogP) is 1.73. The molecule has 0 atom stereocenters. The highest BCUT2D eigenvalue weighted by Gasteiger charge is 2.09. The van der Waals surface area contributed by atoms with E-state index < -0.39 is 0 Å². The van der Waals surface area contributed by atoms with Crippen molar-refractivity contribution in [1.29, 1.82) is 0 Å². The molecule has 1 aromatic carbocycles. The van der Waals surface area contributed by atoms with E-state index in [1.807, 2.05) is 37.3 Å². The van der Waals surface area contributed by atoms with Gasteiger partial charge in [0.2, 0.25) is 5.91 Å². The number of hydrogen-bond acceptors (Lipinski definition) is 2. The summed E-state index contributed by atoms with van der Waals surface area (Å²) in [7, 11) is 0. The summed E-state index contributed by atoms with van der Waals surface area (Å²) in [6, 6.07) is 9.62. The maximum Gasteiger partial charge on any atom is 0.267 e. The van der Waals surface area contributed by atoms with Crippen molar-refractivity contribution in [2.45, 2.75) is 26.8 Å². The number of amides is 2. The molecule has 0 aromatic heterocycles. The van der Waals surface area contributed by atoms with Crippen molar-refractivity contribution in [2.24, 2.45) is 0 Å². The van der Waals surface area contributed by atoms with Gasteiger partial charge in [0.25, 0.3) is 5.91 Å². The number of allylic oxidation sites excluding steroid dienone is 1. The van der Waals surface area contributed by atoms with Gasteiger partial charge in [0.05, 0.1) is 0 Å². The Morgan fingerprint density at radius 1 is 1.22 bits per heavy atom. The van der Waals surface area contributed by atoms with Gasteiger partial charge in [-0.1, -0.05) is 43.3 Å². The molecule has 96 valence electrons. The van der Waals surface area contributed by atoms with Gasteiger partial charge in [0, 0.05) is 13.5 Å². The summed E-state index contributed by atoms with van der Waals surface area (Å²) in [6.07, 6.45) is 2.39. The Morgan fingerprint density at radius 2 is 1.89 bits per heavy atom. The highest BCUT2D eigenvalue weighted by atomic mass is 16.2. The van der Waals surface area contributed by atoms with E-state index >= 15 is 0 Å². The Morgan fingerprint density at radius 3 is 2.44 bits per heavy atom. The molecule has 4 nitrogen and oxygen atoms in total. The van der Waals surface area contributed by atoms with Crippen LogP contribution in [-0.4, -0.2) is 11.8 Å². The molecule has 0 saturated carbocycles. The summed E-state index contributed by atoms with van der Waals surface area (Å²) in [5.74, 6) is -0.513. The van der Waals surface area contributed by atoms with Crippen LogP contribution >= 0.6 is 0 Å². The Kier molecular flexibility index (Phi) is 5.64. The molecule has 0 spiro atoms. The van der Waals surface area contributed by atoms with Gasteiger partial charge in [0.1, 0.15) is 5.70 Å². The van der Waals surface area contributed by atoms with Crippen LogP contribution in [0.4, 0.5) is 0 Å². The molecule has 0 aliphatic rings. The van der Waals surface area contributed by atoms with E-state index in [0.717, 1.165) is 5.56 Å². The van der Waals surface area contributed by atoms with Gasteiger partial charge in [-0.05, 0) is 12.0 Å². The van der Waals surface area contributed by atoms with Gasteiger partial charge in [0.15, 0.2) is 0 Å². The lowest BCUT2D eigenvalue weighted by Gasteiger charge is -2.09. The van der Waals surface area contributed by atoms with Crippen LogP contribution in [0.15, 0.2) is 42.1 Å². The molecule has 0 aliphatic heterocycles. The minimum atomic E-state index is -0.268. The monoisotopic (exact) mass is 246 g/mol. The second-order valence-electron chi connectivity index (χ2n) is 3.88. The van der Waals surface area contributed by atoms with E-state index in [0.29, 0.717) is 18.7 Å². The van der Waals surface area contributed by atoms with Crippen LogP contribution in [0.2, 0.25) is 0 Å². The number of rotatable bonds is 5. The molecule has 4 heteroatoms. The van der Waals surface area contributed by atoms with Crippen LogP contribution in [-0.2, 0) is 16.1 Å². The fourth-order valence-corrected chi connectivity index (χ4v) is 1.47. The second-order valence-corrected chi connectivity index (χ2v) is 3.88. The van der Waals surface area contributed by atoms with Crippen LogP contribution < -0.4 is 10.6 Å². The van der Waals surface area contributed by atoms with Gasteiger partial charge < -0.3 is 10.6 Å². The fourth-order valence-electron chi connectivity index (χ4n) is 1.47. The van der Waals surface area contributed by atoms with Crippen molar-refractivity contribution >= 4 is 11.8 Å². The van der Waals surface area contributed by atoms with Gasteiger partial charge in [-0.25, -0.2) is 0 Å². The van der Waals surface area contributed by atoms with Gasteiger partial charge in [-0.3, -0.25) is 9.59 Å². The number of carbonyl (C=O) groups excluding carboxylic acids is 2. The summed E-state index contributed by atoms with van der Waals surface area (Å²) < 4.78 is 0. The van der Waals surface area contributed by atoms with Crippen LogP contribution in [0.1, 0.15) is 25.8 Å². The first-order chi connectivity index (χ1) is 8.63. The third-order valence-electron chi connectivity index (χ3n) is 2.26. The lowest BCUT2D eigenvalue weighted by molar-refractivity contribution is -0.122. The lowest BCUT2D eigenvalue weighted by Crippen LogP contribution is -2.33. The van der Waals surface area contributed by atoms with Crippen molar-refractivity contribution in [3.8, 4) is 0 Å². The first-order valence-corrected chi connectivity index (χ1v) is 5.93. The van der Waals surface area contributed by atoms with E-state index in [4.69, 9.17) is 0 Å². The number of nitrogens with one attached hydrogen (secondary N) is 2. The van der Waals surface area contributed by atoms with Crippen molar-refractivity contribution in [2.75, 3.05) is 0 Å². The van der Waals surface area contributed by atoms with E-state index in [1.165, 1.54) is 6.92 Å². The Bertz CT molecular complexity index is 438. The molecule has 0 unspecified atom stereocenters. The Hall–Kier alpha value is -2.10. The first kappa shape index (κ1) is 14.0. The topological polar surface area (TPSA) is 58.2 Å². The zero-order valence-corrected chi connectivity index (χ0v) is 10.7. The molecule has 2 N–H and O–H groups in total. The molecule has 2 amide bonds. The average Bonchev–Trinajstić information content (AvgIpc) is 2.36. The van der Waals surface area contributed by atoms with Crippen LogP contribution in [0.3, 0.4) is 0 Å².